The predicted octanol–water partition coefficient (Wildman–Crippen LogP) is 0.360. The van der Waals surface area contributed by atoms with Crippen LogP contribution in [0.4, 0.5) is 0 Å². The van der Waals surface area contributed by atoms with Crippen LogP contribution in [0.15, 0.2) is 24.2 Å². The summed E-state index contributed by atoms with van der Waals surface area (Å²) in [5, 5.41) is 0. The Kier molecular flexibility index (Phi) is 2.54. The monoisotopic (exact) mass is 227 g/mol. The van der Waals surface area contributed by atoms with Crippen molar-refractivity contribution in [2.75, 3.05) is 6.54 Å². The molecule has 0 aliphatic heterocycles. The van der Waals surface area contributed by atoms with E-state index in [1.807, 2.05) is 12.1 Å². The van der Waals surface area contributed by atoms with Gasteiger partial charge in [-0.25, -0.2) is 0 Å². The van der Waals surface area contributed by atoms with Crippen molar-refractivity contribution in [2.24, 2.45) is 5.73 Å². The van der Waals surface area contributed by atoms with Gasteiger partial charge in [0, 0.05) is 0 Å². The van der Waals surface area contributed by atoms with Crippen LogP contribution in [0.2, 0.25) is 0 Å². The van der Waals surface area contributed by atoms with E-state index in [4.69, 9.17) is 7.10 Å². The van der Waals surface area contributed by atoms with Gasteiger partial charge >= 0.3 is 73.1 Å². The molecule has 0 aliphatic carbocycles. The van der Waals surface area contributed by atoms with Gasteiger partial charge in [-0.2, -0.15) is 0 Å². The third-order valence-corrected chi connectivity index (χ3v) is 1.98. The fourth-order valence-corrected chi connectivity index (χ4v) is 1.22. The van der Waals surface area contributed by atoms with Crippen molar-refractivity contribution in [2.45, 2.75) is 6.42 Å². The Bertz CT molecular complexity index is 230. The molecule has 0 amide bonds. The van der Waals surface area contributed by atoms with Crippen molar-refractivity contribution in [1.82, 2.24) is 0 Å². The van der Waals surface area contributed by atoms with Gasteiger partial charge < -0.3 is 0 Å². The fraction of sp³-hybridized carbons (Fsp3) is 0.250. The number of nitrogens with two attached hydrogens (primary N) is 1. The van der Waals surface area contributed by atoms with E-state index >= 15 is 0 Å². The molecule has 0 heterocycles. The van der Waals surface area contributed by atoms with Crippen LogP contribution < -0.4 is 9.77 Å². The van der Waals surface area contributed by atoms with Crippen LogP contribution >= 0.6 is 0 Å². The average molecular weight is 228 g/mol. The number of hydrogen-bond acceptors (Lipinski definition) is 1. The van der Waals surface area contributed by atoms with Crippen LogP contribution in [0.1, 0.15) is 6.93 Å². The third-order valence-electron chi connectivity index (χ3n) is 1.25. The van der Waals surface area contributed by atoms with E-state index in [9.17, 15) is 0 Å². The Morgan fingerprint density at radius 1 is 1.60 bits per heavy atom. The molecule has 10 heavy (non-hydrogen) atoms. The van der Waals surface area contributed by atoms with Gasteiger partial charge in [-0.1, -0.05) is 0 Å². The van der Waals surface area contributed by atoms with Crippen molar-refractivity contribution >= 4 is 4.04 Å². The maximum atomic E-state index is 7.54. The van der Waals surface area contributed by atoms with E-state index in [0.29, 0.717) is 12.6 Å². The van der Waals surface area contributed by atoms with Crippen LogP contribution in [0, 0.1) is 0 Å². The van der Waals surface area contributed by atoms with Crippen molar-refractivity contribution in [3.05, 3.63) is 29.8 Å². The van der Waals surface area contributed by atoms with Gasteiger partial charge in [0.25, 0.3) is 0 Å². The summed E-state index contributed by atoms with van der Waals surface area (Å²) in [6.45, 7) is 0.598. The summed E-state index contributed by atoms with van der Waals surface area (Å²) in [7, 11) is 0. The van der Waals surface area contributed by atoms with Gasteiger partial charge in [-0.3, -0.25) is 0 Å². The molecule has 0 radical (unpaired) electrons. The molecule has 1 aromatic carbocycles. The molecule has 0 unspecified atom stereocenters. The summed E-state index contributed by atoms with van der Waals surface area (Å²) in [6.07, 6.45) is 0.774. The Balaban J connectivity index is 3.00. The molecule has 1 nitrogen and oxygen atoms in total. The molecule has 2 N–H and O–H groups in total. The molecule has 0 fully saturated rings. The average Bonchev–Trinajstić information content (AvgIpc) is 1.97. The zero-order valence-electron chi connectivity index (χ0n) is 6.54. The van der Waals surface area contributed by atoms with Crippen LogP contribution in [0.25, 0.3) is 0 Å². The van der Waals surface area contributed by atoms with Gasteiger partial charge in [-0.05, 0) is 0 Å². The molecule has 56 valence electrons. The molecule has 0 saturated heterocycles. The van der Waals surface area contributed by atoms with E-state index in [-0.39, 0.29) is 0 Å². The summed E-state index contributed by atoms with van der Waals surface area (Å²) >= 11 is 3.10. The Hall–Kier alpha value is -0.158. The van der Waals surface area contributed by atoms with Gasteiger partial charge in [-0.15, -0.1) is 0 Å². The zero-order chi connectivity index (χ0) is 8.27. The van der Waals surface area contributed by atoms with E-state index in [0.717, 1.165) is 16.0 Å². The summed E-state index contributed by atoms with van der Waals surface area (Å²) in [4.78, 5) is 0. The second-order valence-corrected chi connectivity index (χ2v) is 2.84. The van der Waals surface area contributed by atoms with Gasteiger partial charge in [0.2, 0.25) is 0 Å². The Labute approximate surface area is 73.4 Å². The molecule has 0 bridgehead atoms. The summed E-state index contributed by atoms with van der Waals surface area (Å²) in [5.41, 5.74) is 6.41. The normalized spacial score (nSPS) is 11.3. The molecule has 2 heteroatoms. The van der Waals surface area contributed by atoms with Crippen LogP contribution in [0.5, 0.6) is 0 Å². The second kappa shape index (κ2) is 3.88. The van der Waals surface area contributed by atoms with E-state index in [2.05, 4.69) is 19.2 Å². The minimum atomic E-state index is 0.569. The Morgan fingerprint density at radius 3 is 3.00 bits per heavy atom. The molecule has 0 aliphatic rings. The molecule has 1 aromatic rings. The van der Waals surface area contributed by atoms with Crippen LogP contribution in [-0.4, -0.2) is 6.54 Å². The summed E-state index contributed by atoms with van der Waals surface area (Å²) < 4.78 is 8.55. The minimum absolute atomic E-state index is 0.569. The summed E-state index contributed by atoms with van der Waals surface area (Å²) in [6, 6.07) is 6.16. The van der Waals surface area contributed by atoms with E-state index in [1.54, 1.807) is 6.07 Å². The molecule has 0 saturated carbocycles. The van der Waals surface area contributed by atoms with Crippen LogP contribution in [-0.2, 0) is 25.6 Å². The quantitative estimate of drug-likeness (QED) is 0.726. The van der Waals surface area contributed by atoms with Crippen molar-refractivity contribution in [3.8, 4) is 0 Å². The number of rotatable bonds is 2. The topological polar surface area (TPSA) is 26.0 Å². The maximum absolute atomic E-state index is 7.54. The van der Waals surface area contributed by atoms with Crippen molar-refractivity contribution in [1.29, 1.82) is 0 Å². The SMILES string of the molecule is [2H]c1ccc[c]([Pd+])c1CCN. The molecular formula is C8H10NPd+. The molecular weight excluding hydrogens is 217 g/mol. The molecule has 0 atom stereocenters. The Morgan fingerprint density at radius 2 is 2.40 bits per heavy atom. The number of benzene rings is 1. The molecule has 0 spiro atoms. The summed E-state index contributed by atoms with van der Waals surface area (Å²) in [5.74, 6) is 0. The predicted molar refractivity (Wildman–Crippen MR) is 38.8 cm³/mol. The number of hydrogen-bond donors (Lipinski definition) is 1. The first-order chi connectivity index (χ1) is 5.25. The van der Waals surface area contributed by atoms with Crippen molar-refractivity contribution in [3.63, 3.8) is 0 Å². The standard InChI is InChI=1S/C8H10N.Pd/c9-7-6-8-4-2-1-3-5-8;/h1-4H,6-7,9H2;/q;+1/i4D;. The fourth-order valence-electron chi connectivity index (χ4n) is 0.769. The van der Waals surface area contributed by atoms with E-state index in [1.165, 1.54) is 0 Å². The first-order valence-corrected chi connectivity index (χ1v) is 3.94. The zero-order valence-corrected chi connectivity index (χ0v) is 7.09. The first kappa shape index (κ1) is 6.55. The molecule has 1 rings (SSSR count). The van der Waals surface area contributed by atoms with Gasteiger partial charge in [0.15, 0.2) is 0 Å². The van der Waals surface area contributed by atoms with Crippen molar-refractivity contribution < 1.29 is 20.6 Å². The second-order valence-electron chi connectivity index (χ2n) is 2.00. The van der Waals surface area contributed by atoms with Crippen LogP contribution in [0.3, 0.4) is 0 Å². The van der Waals surface area contributed by atoms with Gasteiger partial charge in [0.05, 0.1) is 0 Å². The third kappa shape index (κ3) is 1.92. The molecule has 0 aromatic heterocycles. The van der Waals surface area contributed by atoms with Gasteiger partial charge in [0.1, 0.15) is 0 Å². The van der Waals surface area contributed by atoms with E-state index < -0.39 is 0 Å². The first-order valence-electron chi connectivity index (χ1n) is 3.66.